The molecule has 0 fully saturated rings. The average Bonchev–Trinajstić information content (AvgIpc) is 2.83. The lowest BCUT2D eigenvalue weighted by Gasteiger charge is -2.22. The van der Waals surface area contributed by atoms with E-state index < -0.39 is 0 Å². The van der Waals surface area contributed by atoms with Crippen molar-refractivity contribution in [2.75, 3.05) is 0 Å². The lowest BCUT2D eigenvalue weighted by Crippen LogP contribution is -2.01. The molecule has 2 aromatic heterocycles. The molecule has 7 rings (SSSR count). The highest BCUT2D eigenvalue weighted by Gasteiger charge is 2.24. The van der Waals surface area contributed by atoms with Gasteiger partial charge in [0.05, 0.1) is 11.1 Å². The molecule has 3 nitrogen and oxygen atoms in total. The van der Waals surface area contributed by atoms with Crippen LogP contribution >= 0.6 is 0 Å². The fourth-order valence-corrected chi connectivity index (χ4v) is 5.53. The van der Waals surface area contributed by atoms with Crippen molar-refractivity contribution >= 4 is 43.1 Å². The Morgan fingerprint density at radius 2 is 1.53 bits per heavy atom. The van der Waals surface area contributed by atoms with Crippen LogP contribution in [0.2, 0.25) is 0 Å². The molecular formula is C31H24N2O. The molecule has 0 amide bonds. The number of benzene rings is 4. The Morgan fingerprint density at radius 3 is 2.35 bits per heavy atom. The van der Waals surface area contributed by atoms with Gasteiger partial charge in [-0.1, -0.05) is 50.2 Å². The minimum atomic E-state index is 0.560. The predicted molar refractivity (Wildman–Crippen MR) is 141 cm³/mol. The number of pyridine rings is 2. The van der Waals surface area contributed by atoms with Gasteiger partial charge in [-0.25, -0.2) is 0 Å². The Labute approximate surface area is 198 Å². The molecule has 0 atom stereocenters. The molecule has 0 saturated heterocycles. The molecule has 34 heavy (non-hydrogen) atoms. The summed E-state index contributed by atoms with van der Waals surface area (Å²) in [6.07, 6.45) is 2.90. The van der Waals surface area contributed by atoms with Crippen LogP contribution in [0, 0.1) is 12.8 Å². The molecule has 1 aliphatic heterocycles. The summed E-state index contributed by atoms with van der Waals surface area (Å²) < 4.78 is 6.58. The predicted octanol–water partition coefficient (Wildman–Crippen LogP) is 8.37. The van der Waals surface area contributed by atoms with Gasteiger partial charge in [0.1, 0.15) is 11.5 Å². The van der Waals surface area contributed by atoms with Gasteiger partial charge in [-0.3, -0.25) is 9.97 Å². The van der Waals surface area contributed by atoms with E-state index in [4.69, 9.17) is 14.7 Å². The third-order valence-electron chi connectivity index (χ3n) is 7.00. The normalized spacial score (nSPS) is 12.6. The summed E-state index contributed by atoms with van der Waals surface area (Å²) in [4.78, 5) is 9.72. The second kappa shape index (κ2) is 7.01. The molecule has 0 unspecified atom stereocenters. The monoisotopic (exact) mass is 440 g/mol. The maximum absolute atomic E-state index is 6.58. The first-order valence-corrected chi connectivity index (χ1v) is 11.9. The van der Waals surface area contributed by atoms with E-state index in [9.17, 15) is 0 Å². The number of rotatable bonds is 2. The van der Waals surface area contributed by atoms with Crippen LogP contribution in [0.3, 0.4) is 0 Å². The fraction of sp³-hybridized carbons (Fsp3) is 0.161. The molecule has 0 aliphatic carbocycles. The van der Waals surface area contributed by atoms with E-state index in [2.05, 4.69) is 87.5 Å². The van der Waals surface area contributed by atoms with Crippen LogP contribution in [0.1, 0.15) is 25.2 Å². The van der Waals surface area contributed by atoms with Gasteiger partial charge in [0.15, 0.2) is 0 Å². The largest absolute Gasteiger partial charge is 0.456 e. The van der Waals surface area contributed by atoms with E-state index >= 15 is 0 Å². The standard InChI is InChI=1S/C31H24N2O/c1-17(2)12-21-15-25-22(18(3)33-21)8-9-23-24-10-11-32-31-27-13-19-6-4-5-7-20(19)14-28(27)34-29(30(24)31)16-26(23)25/h4-11,13-17H,12H2,1-3H3. The molecule has 0 saturated carbocycles. The van der Waals surface area contributed by atoms with Gasteiger partial charge in [-0.2, -0.15) is 0 Å². The Morgan fingerprint density at radius 1 is 0.765 bits per heavy atom. The number of fused-ring (bicyclic) bond motifs is 7. The Kier molecular flexibility index (Phi) is 4.02. The Hall–Kier alpha value is -3.98. The number of ether oxygens (including phenoxy) is 1. The van der Waals surface area contributed by atoms with Gasteiger partial charge in [0, 0.05) is 28.5 Å². The summed E-state index contributed by atoms with van der Waals surface area (Å²) in [5.41, 5.74) is 4.27. The second-order valence-corrected chi connectivity index (χ2v) is 9.81. The summed E-state index contributed by atoms with van der Waals surface area (Å²) in [5, 5.41) is 9.50. The third kappa shape index (κ3) is 2.76. The highest BCUT2D eigenvalue weighted by molar-refractivity contribution is 6.22. The van der Waals surface area contributed by atoms with Crippen molar-refractivity contribution in [1.29, 1.82) is 0 Å². The minimum absolute atomic E-state index is 0.560. The number of hydrogen-bond acceptors (Lipinski definition) is 3. The number of aromatic nitrogens is 2. The SMILES string of the molecule is Cc1nc(CC(C)C)cc2c1ccc1c3ccnc4c3c(cc21)Oc1cc2ccccc2cc1-4. The number of nitrogens with zero attached hydrogens (tertiary/aromatic N) is 2. The van der Waals surface area contributed by atoms with Crippen LogP contribution in [-0.4, -0.2) is 9.97 Å². The zero-order valence-corrected chi connectivity index (χ0v) is 19.5. The van der Waals surface area contributed by atoms with Gasteiger partial charge in [0.2, 0.25) is 0 Å². The molecule has 3 heteroatoms. The van der Waals surface area contributed by atoms with E-state index in [0.29, 0.717) is 5.92 Å². The highest BCUT2D eigenvalue weighted by atomic mass is 16.5. The van der Waals surface area contributed by atoms with Crippen molar-refractivity contribution < 1.29 is 4.74 Å². The van der Waals surface area contributed by atoms with Crippen molar-refractivity contribution in [3.63, 3.8) is 0 Å². The van der Waals surface area contributed by atoms with Crippen LogP contribution in [0.25, 0.3) is 54.3 Å². The van der Waals surface area contributed by atoms with Gasteiger partial charge < -0.3 is 4.74 Å². The van der Waals surface area contributed by atoms with Crippen LogP contribution in [0.15, 0.2) is 72.9 Å². The zero-order chi connectivity index (χ0) is 23.0. The van der Waals surface area contributed by atoms with E-state index in [0.717, 1.165) is 46.0 Å². The van der Waals surface area contributed by atoms with Gasteiger partial charge in [-0.05, 0) is 81.9 Å². The van der Waals surface area contributed by atoms with E-state index in [-0.39, 0.29) is 0 Å². The Balaban J connectivity index is 1.57. The van der Waals surface area contributed by atoms with Crippen molar-refractivity contribution in [2.45, 2.75) is 27.2 Å². The lowest BCUT2D eigenvalue weighted by molar-refractivity contribution is 0.488. The third-order valence-corrected chi connectivity index (χ3v) is 7.00. The lowest BCUT2D eigenvalue weighted by atomic mass is 9.92. The summed E-state index contributed by atoms with van der Waals surface area (Å²) in [5.74, 6) is 2.30. The van der Waals surface area contributed by atoms with Crippen LogP contribution < -0.4 is 4.74 Å². The highest BCUT2D eigenvalue weighted by Crippen LogP contribution is 2.49. The van der Waals surface area contributed by atoms with Crippen LogP contribution in [0.4, 0.5) is 0 Å². The van der Waals surface area contributed by atoms with Crippen molar-refractivity contribution in [2.24, 2.45) is 5.92 Å². The molecule has 164 valence electrons. The Bertz CT molecular complexity index is 1800. The average molecular weight is 441 g/mol. The number of hydrogen-bond donors (Lipinski definition) is 0. The molecule has 0 radical (unpaired) electrons. The molecule has 4 aromatic carbocycles. The maximum atomic E-state index is 6.58. The van der Waals surface area contributed by atoms with E-state index in [1.54, 1.807) is 0 Å². The molecule has 3 heterocycles. The first-order chi connectivity index (χ1) is 16.6. The van der Waals surface area contributed by atoms with Crippen LogP contribution in [0.5, 0.6) is 11.5 Å². The van der Waals surface area contributed by atoms with E-state index in [1.807, 2.05) is 6.20 Å². The smallest absolute Gasteiger partial charge is 0.138 e. The second-order valence-electron chi connectivity index (χ2n) is 9.81. The topological polar surface area (TPSA) is 35.0 Å². The molecule has 0 bridgehead atoms. The van der Waals surface area contributed by atoms with Crippen molar-refractivity contribution in [3.05, 3.63) is 84.3 Å². The van der Waals surface area contributed by atoms with Crippen molar-refractivity contribution in [3.8, 4) is 22.8 Å². The summed E-state index contributed by atoms with van der Waals surface area (Å²) >= 11 is 0. The molecule has 1 aliphatic rings. The molecule has 0 N–H and O–H groups in total. The van der Waals surface area contributed by atoms with Crippen molar-refractivity contribution in [1.82, 2.24) is 9.97 Å². The maximum Gasteiger partial charge on any atom is 0.138 e. The number of aryl methyl sites for hydroxylation is 1. The molecule has 6 aromatic rings. The summed E-state index contributed by atoms with van der Waals surface area (Å²) in [6, 6.07) is 23.8. The van der Waals surface area contributed by atoms with Gasteiger partial charge >= 0.3 is 0 Å². The molecule has 0 spiro atoms. The van der Waals surface area contributed by atoms with Gasteiger partial charge in [0.25, 0.3) is 0 Å². The first-order valence-electron chi connectivity index (χ1n) is 11.9. The summed E-state index contributed by atoms with van der Waals surface area (Å²) in [6.45, 7) is 6.60. The zero-order valence-electron chi connectivity index (χ0n) is 19.5. The quantitative estimate of drug-likeness (QED) is 0.253. The molecular weight excluding hydrogens is 416 g/mol. The first kappa shape index (κ1) is 19.5. The van der Waals surface area contributed by atoms with E-state index in [1.165, 1.54) is 37.7 Å². The minimum Gasteiger partial charge on any atom is -0.456 e. The van der Waals surface area contributed by atoms with Gasteiger partial charge in [-0.15, -0.1) is 0 Å². The van der Waals surface area contributed by atoms with Crippen LogP contribution in [-0.2, 0) is 6.42 Å². The fourth-order valence-electron chi connectivity index (χ4n) is 5.53. The summed E-state index contributed by atoms with van der Waals surface area (Å²) in [7, 11) is 0.